The van der Waals surface area contributed by atoms with Gasteiger partial charge in [0.2, 0.25) is 0 Å². The van der Waals surface area contributed by atoms with Crippen LogP contribution in [0.2, 0.25) is 0 Å². The third-order valence-electron chi connectivity index (χ3n) is 14.9. The Labute approximate surface area is 445 Å². The summed E-state index contributed by atoms with van der Waals surface area (Å²) in [6.07, 6.45) is 0. The third kappa shape index (κ3) is 8.43. The second kappa shape index (κ2) is 19.7. The highest BCUT2D eigenvalue weighted by atomic mass is 28.3. The third-order valence-corrected chi connectivity index (χ3v) is 19.7. The molecule has 0 atom stereocenters. The van der Waals surface area contributed by atoms with E-state index in [4.69, 9.17) is 15.0 Å². The summed E-state index contributed by atoms with van der Waals surface area (Å²) in [6, 6.07) is 101. The van der Waals surface area contributed by atoms with Crippen LogP contribution in [0.4, 0.5) is 0 Å². The molecule has 360 valence electrons. The van der Waals surface area contributed by atoms with Crippen molar-refractivity contribution >= 4 is 50.6 Å². The normalized spacial score (nSPS) is 11.6. The Balaban J connectivity index is 1.09. The van der Waals surface area contributed by atoms with Crippen molar-refractivity contribution in [2.45, 2.75) is 13.8 Å². The van der Waals surface area contributed by atoms with Crippen molar-refractivity contribution in [3.05, 3.63) is 290 Å². The van der Waals surface area contributed by atoms with E-state index in [1.54, 1.807) is 0 Å². The van der Waals surface area contributed by atoms with E-state index in [2.05, 4.69) is 261 Å². The van der Waals surface area contributed by atoms with Crippen LogP contribution in [-0.4, -0.2) is 27.6 Å². The summed E-state index contributed by atoms with van der Waals surface area (Å²) in [6.45, 7) is 4.32. The number of nitrogens with zero attached hydrogens (tertiary/aromatic N) is 4. The average molecular weight is 989 g/mol. The van der Waals surface area contributed by atoms with E-state index >= 15 is 0 Å². The van der Waals surface area contributed by atoms with Gasteiger partial charge in [-0.1, -0.05) is 254 Å². The fourth-order valence-electron chi connectivity index (χ4n) is 11.3. The van der Waals surface area contributed by atoms with Gasteiger partial charge in [0.15, 0.2) is 25.5 Å². The summed E-state index contributed by atoms with van der Waals surface area (Å²) < 4.78 is 2.42. The first-order chi connectivity index (χ1) is 37.5. The van der Waals surface area contributed by atoms with Gasteiger partial charge in [0.1, 0.15) is 0 Å². The summed E-state index contributed by atoms with van der Waals surface area (Å²) in [5.41, 5.74) is 15.2. The molecule has 2 aromatic heterocycles. The Bertz CT molecular complexity index is 3970. The molecule has 2 heterocycles. The molecule has 0 bridgehead atoms. The maximum absolute atomic E-state index is 5.44. The van der Waals surface area contributed by atoms with Crippen LogP contribution < -0.4 is 20.7 Å². The number of fused-ring (bicyclic) bond motifs is 3. The van der Waals surface area contributed by atoms with Crippen LogP contribution in [0.1, 0.15) is 11.1 Å². The molecule has 4 nitrogen and oxygen atoms in total. The first-order valence-corrected chi connectivity index (χ1v) is 28.0. The van der Waals surface area contributed by atoms with Gasteiger partial charge in [0, 0.05) is 27.5 Å². The smallest absolute Gasteiger partial charge is 0.179 e. The Morgan fingerprint density at radius 1 is 0.276 bits per heavy atom. The average Bonchev–Trinajstić information content (AvgIpc) is 3.95. The molecule has 0 radical (unpaired) electrons. The van der Waals surface area contributed by atoms with Crippen molar-refractivity contribution in [2.75, 3.05) is 0 Å². The van der Waals surface area contributed by atoms with Gasteiger partial charge in [0.05, 0.1) is 16.7 Å². The number of hydrogen-bond acceptors (Lipinski definition) is 3. The van der Waals surface area contributed by atoms with Crippen LogP contribution in [0.25, 0.3) is 95.0 Å². The minimum atomic E-state index is -2.85. The van der Waals surface area contributed by atoms with E-state index in [1.807, 2.05) is 36.4 Å². The predicted molar refractivity (Wildman–Crippen MR) is 320 cm³/mol. The molecule has 11 aromatic carbocycles. The van der Waals surface area contributed by atoms with Gasteiger partial charge in [-0.2, -0.15) is 0 Å². The molecule has 0 spiro atoms. The maximum atomic E-state index is 5.44. The van der Waals surface area contributed by atoms with E-state index < -0.39 is 8.07 Å². The van der Waals surface area contributed by atoms with Crippen LogP contribution in [-0.2, 0) is 0 Å². The second-order valence-corrected chi connectivity index (χ2v) is 23.5. The van der Waals surface area contributed by atoms with Crippen molar-refractivity contribution in [2.24, 2.45) is 0 Å². The van der Waals surface area contributed by atoms with Crippen molar-refractivity contribution in [1.82, 2.24) is 19.5 Å². The summed E-state index contributed by atoms with van der Waals surface area (Å²) in [4.78, 5) is 16.0. The predicted octanol–water partition coefficient (Wildman–Crippen LogP) is 15.0. The van der Waals surface area contributed by atoms with E-state index in [9.17, 15) is 0 Å². The molecule has 0 aliphatic heterocycles. The Hall–Kier alpha value is -9.55. The zero-order valence-electron chi connectivity index (χ0n) is 42.3. The quantitative estimate of drug-likeness (QED) is 0.0958. The summed E-state index contributed by atoms with van der Waals surface area (Å²) in [5, 5.41) is 7.62. The molecular formula is C71H52N4Si. The summed E-state index contributed by atoms with van der Waals surface area (Å²) in [5.74, 6) is 1.81. The molecule has 0 amide bonds. The molecule has 0 aliphatic rings. The SMILES string of the molecule is Cc1cccc(-c2ccc3c(c2)c2cc(-c4cccc(C)c4)ccc2n3-c2ccc(-c3cccc([Si](c4ccccc4)(c4ccccc4)c4ccccc4)c3)cc2-c2nc(-c3ccccc3)nc(-c3ccccc3)n2)c1. The van der Waals surface area contributed by atoms with Gasteiger partial charge in [-0.25, -0.2) is 15.0 Å². The fourth-order valence-corrected chi connectivity index (χ4v) is 16.1. The summed E-state index contributed by atoms with van der Waals surface area (Å²) >= 11 is 0. The molecule has 13 rings (SSSR count). The van der Waals surface area contributed by atoms with E-state index in [1.165, 1.54) is 64.9 Å². The summed E-state index contributed by atoms with van der Waals surface area (Å²) in [7, 11) is -2.85. The van der Waals surface area contributed by atoms with Crippen molar-refractivity contribution in [3.8, 4) is 73.2 Å². The lowest BCUT2D eigenvalue weighted by Gasteiger charge is -2.34. The highest BCUT2D eigenvalue weighted by molar-refractivity contribution is 7.19. The molecule has 0 N–H and O–H groups in total. The van der Waals surface area contributed by atoms with Crippen molar-refractivity contribution in [3.63, 3.8) is 0 Å². The molecule has 0 aliphatic carbocycles. The van der Waals surface area contributed by atoms with Crippen molar-refractivity contribution in [1.29, 1.82) is 0 Å². The topological polar surface area (TPSA) is 43.6 Å². The van der Waals surface area contributed by atoms with Gasteiger partial charge in [0.25, 0.3) is 0 Å². The van der Waals surface area contributed by atoms with Crippen molar-refractivity contribution < 1.29 is 0 Å². The largest absolute Gasteiger partial charge is 0.308 e. The molecule has 0 unspecified atom stereocenters. The molecule has 76 heavy (non-hydrogen) atoms. The van der Waals surface area contributed by atoms with Crippen LogP contribution in [0.5, 0.6) is 0 Å². The maximum Gasteiger partial charge on any atom is 0.179 e. The highest BCUT2D eigenvalue weighted by Crippen LogP contribution is 2.41. The monoisotopic (exact) mass is 988 g/mol. The lowest BCUT2D eigenvalue weighted by molar-refractivity contribution is 1.06. The van der Waals surface area contributed by atoms with Gasteiger partial charge in [-0.05, 0) is 104 Å². The highest BCUT2D eigenvalue weighted by Gasteiger charge is 2.41. The standard InChI is InChI=1S/C71H52N4Si/c1-49-21-18-27-53(43-49)56-37-40-66-63(46-56)64-47-57(54-28-19-22-50(2)44-54)38-41-67(64)75(66)68-42-39-58(48-65(68)71-73-69(51-23-8-3-9-24-51)72-70(74-71)52-25-10-4-11-26-52)55-29-20-36-62(45-55)76(59-30-12-5-13-31-59,60-32-14-6-15-33-60)61-34-16-7-17-35-61/h3-48H,1-2H3. The fraction of sp³-hybridized carbons (Fsp3) is 0.0282. The van der Waals surface area contributed by atoms with Gasteiger partial charge >= 0.3 is 0 Å². The number of aryl methyl sites for hydroxylation is 2. The van der Waals surface area contributed by atoms with Crippen LogP contribution in [0.3, 0.4) is 0 Å². The van der Waals surface area contributed by atoms with E-state index in [0.29, 0.717) is 17.5 Å². The molecule has 0 fully saturated rings. The van der Waals surface area contributed by atoms with Crippen LogP contribution in [0, 0.1) is 13.8 Å². The Morgan fingerprint density at radius 3 is 1.09 bits per heavy atom. The molecule has 0 saturated heterocycles. The molecule has 13 aromatic rings. The molecule has 0 saturated carbocycles. The zero-order valence-corrected chi connectivity index (χ0v) is 43.3. The second-order valence-electron chi connectivity index (χ2n) is 19.7. The lowest BCUT2D eigenvalue weighted by atomic mass is 9.99. The van der Waals surface area contributed by atoms with Gasteiger partial charge in [-0.15, -0.1) is 0 Å². The Kier molecular flexibility index (Phi) is 12.0. The van der Waals surface area contributed by atoms with Crippen LogP contribution in [0.15, 0.2) is 279 Å². The zero-order chi connectivity index (χ0) is 51.0. The van der Waals surface area contributed by atoms with E-state index in [0.717, 1.165) is 44.5 Å². The number of aromatic nitrogens is 4. The van der Waals surface area contributed by atoms with Crippen LogP contribution >= 0.6 is 0 Å². The lowest BCUT2D eigenvalue weighted by Crippen LogP contribution is -2.74. The minimum Gasteiger partial charge on any atom is -0.308 e. The molecule has 5 heteroatoms. The number of rotatable bonds is 11. The Morgan fingerprint density at radius 2 is 0.632 bits per heavy atom. The molecular weight excluding hydrogens is 937 g/mol. The first-order valence-electron chi connectivity index (χ1n) is 26.0. The van der Waals surface area contributed by atoms with Gasteiger partial charge in [-0.3, -0.25) is 0 Å². The number of benzene rings is 11. The minimum absolute atomic E-state index is 0.588. The van der Waals surface area contributed by atoms with E-state index in [-0.39, 0.29) is 0 Å². The first kappa shape index (κ1) is 46.2. The van der Waals surface area contributed by atoms with Gasteiger partial charge < -0.3 is 4.57 Å². The number of hydrogen-bond donors (Lipinski definition) is 0.